The summed E-state index contributed by atoms with van der Waals surface area (Å²) in [6.07, 6.45) is 9.80. The van der Waals surface area contributed by atoms with Crippen molar-refractivity contribution in [2.45, 2.75) is 77.2 Å². The van der Waals surface area contributed by atoms with Gasteiger partial charge in [-0.2, -0.15) is 0 Å². The highest BCUT2D eigenvalue weighted by Gasteiger charge is 2.56. The van der Waals surface area contributed by atoms with Crippen molar-refractivity contribution in [3.8, 4) is 0 Å². The molecular formula is C22H34N2O4. The molecule has 0 aromatic heterocycles. The molecule has 1 heterocycles. The second kappa shape index (κ2) is 7.68. The summed E-state index contributed by atoms with van der Waals surface area (Å²) in [6, 6.07) is -0.420. The molecule has 28 heavy (non-hydrogen) atoms. The van der Waals surface area contributed by atoms with Crippen LogP contribution in [-0.2, 0) is 14.4 Å². The van der Waals surface area contributed by atoms with E-state index in [-0.39, 0.29) is 23.8 Å². The molecule has 2 atom stereocenters. The van der Waals surface area contributed by atoms with Gasteiger partial charge < -0.3 is 15.3 Å². The number of hydrogen-bond acceptors (Lipinski definition) is 3. The molecule has 0 spiro atoms. The molecule has 6 nitrogen and oxygen atoms in total. The fraction of sp³-hybridized carbons (Fsp3) is 0.864. The number of carboxylic acids is 1. The molecule has 4 saturated carbocycles. The predicted octanol–water partition coefficient (Wildman–Crippen LogP) is 2.81. The van der Waals surface area contributed by atoms with Gasteiger partial charge in [-0.05, 0) is 75.5 Å². The van der Waals surface area contributed by atoms with E-state index in [4.69, 9.17) is 0 Å². The standard InChI is InChI=1S/C22H34N2O4/c1-2-4-17(20(26)27)13-23-19(25)18-5-3-6-24(18)21(28)22-10-14-7-15(11-22)9-16(8-14)12-22/h14-18H,2-13H2,1H3,(H,23,25)(H,26,27). The van der Waals surface area contributed by atoms with Gasteiger partial charge in [0.05, 0.1) is 11.3 Å². The molecule has 4 aliphatic carbocycles. The van der Waals surface area contributed by atoms with Gasteiger partial charge in [-0.1, -0.05) is 13.3 Å². The highest BCUT2D eigenvalue weighted by Crippen LogP contribution is 2.60. The summed E-state index contributed by atoms with van der Waals surface area (Å²) < 4.78 is 0. The van der Waals surface area contributed by atoms with Crippen LogP contribution in [0.1, 0.15) is 71.1 Å². The summed E-state index contributed by atoms with van der Waals surface area (Å²) in [5.74, 6) is 0.740. The Balaban J connectivity index is 1.41. The zero-order valence-electron chi connectivity index (χ0n) is 17.0. The van der Waals surface area contributed by atoms with Crippen LogP contribution in [0.5, 0.6) is 0 Å². The number of hydrogen-bond donors (Lipinski definition) is 2. The first kappa shape index (κ1) is 19.7. The van der Waals surface area contributed by atoms with Gasteiger partial charge in [0.25, 0.3) is 0 Å². The van der Waals surface area contributed by atoms with Gasteiger partial charge >= 0.3 is 5.97 Å². The second-order valence-electron chi connectivity index (χ2n) is 9.92. The summed E-state index contributed by atoms with van der Waals surface area (Å²) in [4.78, 5) is 39.6. The van der Waals surface area contributed by atoms with E-state index in [2.05, 4.69) is 5.32 Å². The maximum absolute atomic E-state index is 13.6. The third kappa shape index (κ3) is 3.55. The predicted molar refractivity (Wildman–Crippen MR) is 104 cm³/mol. The molecule has 5 aliphatic rings. The molecule has 4 bridgehead atoms. The Morgan fingerprint density at radius 1 is 1.11 bits per heavy atom. The Bertz CT molecular complexity index is 611. The van der Waals surface area contributed by atoms with Crippen LogP contribution in [0.2, 0.25) is 0 Å². The quantitative estimate of drug-likeness (QED) is 0.700. The monoisotopic (exact) mass is 390 g/mol. The van der Waals surface area contributed by atoms with Crippen molar-refractivity contribution in [2.75, 3.05) is 13.1 Å². The first-order valence-corrected chi connectivity index (χ1v) is 11.2. The second-order valence-corrected chi connectivity index (χ2v) is 9.92. The van der Waals surface area contributed by atoms with E-state index in [9.17, 15) is 19.5 Å². The highest BCUT2D eigenvalue weighted by molar-refractivity contribution is 5.91. The minimum absolute atomic E-state index is 0.151. The van der Waals surface area contributed by atoms with Crippen LogP contribution >= 0.6 is 0 Å². The molecule has 2 unspecified atom stereocenters. The van der Waals surface area contributed by atoms with Gasteiger partial charge in [0.15, 0.2) is 0 Å². The van der Waals surface area contributed by atoms with Crippen molar-refractivity contribution >= 4 is 17.8 Å². The van der Waals surface area contributed by atoms with Crippen molar-refractivity contribution in [3.05, 3.63) is 0 Å². The Morgan fingerprint density at radius 2 is 1.71 bits per heavy atom. The summed E-state index contributed by atoms with van der Waals surface area (Å²) in [5.41, 5.74) is -0.219. The molecule has 6 heteroatoms. The highest BCUT2D eigenvalue weighted by atomic mass is 16.4. The lowest BCUT2D eigenvalue weighted by Gasteiger charge is -2.56. The molecule has 0 aromatic rings. The minimum Gasteiger partial charge on any atom is -0.481 e. The number of carbonyl (C=O) groups excluding carboxylic acids is 2. The van der Waals surface area contributed by atoms with Gasteiger partial charge in [-0.25, -0.2) is 0 Å². The van der Waals surface area contributed by atoms with Crippen LogP contribution in [0.25, 0.3) is 0 Å². The Kier molecular flexibility index (Phi) is 5.41. The van der Waals surface area contributed by atoms with Crippen molar-refractivity contribution < 1.29 is 19.5 Å². The summed E-state index contributed by atoms with van der Waals surface area (Å²) in [5, 5.41) is 12.1. The third-order valence-corrected chi connectivity index (χ3v) is 7.82. The Hall–Kier alpha value is -1.59. The van der Waals surface area contributed by atoms with Crippen LogP contribution in [0.15, 0.2) is 0 Å². The fourth-order valence-corrected chi connectivity index (χ4v) is 6.96. The number of rotatable bonds is 7. The Labute approximate surface area is 167 Å². The molecule has 1 saturated heterocycles. The fourth-order valence-electron chi connectivity index (χ4n) is 6.96. The average molecular weight is 391 g/mol. The van der Waals surface area contributed by atoms with Crippen LogP contribution in [0.4, 0.5) is 0 Å². The number of likely N-dealkylation sites (tertiary alicyclic amines) is 1. The van der Waals surface area contributed by atoms with E-state index in [1.165, 1.54) is 19.3 Å². The topological polar surface area (TPSA) is 86.7 Å². The van der Waals surface area contributed by atoms with E-state index in [0.717, 1.165) is 32.1 Å². The van der Waals surface area contributed by atoms with E-state index < -0.39 is 17.9 Å². The zero-order valence-corrected chi connectivity index (χ0v) is 17.0. The number of amides is 2. The van der Waals surface area contributed by atoms with E-state index in [1.54, 1.807) is 0 Å². The normalized spacial score (nSPS) is 37.1. The van der Waals surface area contributed by atoms with Crippen LogP contribution in [0, 0.1) is 29.1 Å². The number of carboxylic acid groups (broad SMARTS) is 1. The molecule has 0 radical (unpaired) electrons. The SMILES string of the molecule is CCCC(CNC(=O)C1CCCN1C(=O)C12CC3CC(CC(C3)C1)C2)C(=O)O. The van der Waals surface area contributed by atoms with Crippen molar-refractivity contribution in [2.24, 2.45) is 29.1 Å². The van der Waals surface area contributed by atoms with Gasteiger partial charge in [0, 0.05) is 13.1 Å². The molecule has 5 rings (SSSR count). The van der Waals surface area contributed by atoms with Crippen LogP contribution in [-0.4, -0.2) is 46.9 Å². The summed E-state index contributed by atoms with van der Waals surface area (Å²) in [6.45, 7) is 2.76. The third-order valence-electron chi connectivity index (χ3n) is 7.82. The number of aliphatic carboxylic acids is 1. The average Bonchev–Trinajstić information content (AvgIpc) is 3.12. The van der Waals surface area contributed by atoms with Crippen LogP contribution in [0.3, 0.4) is 0 Å². The molecular weight excluding hydrogens is 356 g/mol. The van der Waals surface area contributed by atoms with E-state index in [1.807, 2.05) is 11.8 Å². The summed E-state index contributed by atoms with van der Waals surface area (Å²) >= 11 is 0. The minimum atomic E-state index is -0.866. The zero-order chi connectivity index (χ0) is 19.9. The molecule has 2 N–H and O–H groups in total. The van der Waals surface area contributed by atoms with Crippen molar-refractivity contribution in [1.29, 1.82) is 0 Å². The maximum atomic E-state index is 13.6. The van der Waals surface area contributed by atoms with Crippen molar-refractivity contribution in [1.82, 2.24) is 10.2 Å². The molecule has 156 valence electrons. The van der Waals surface area contributed by atoms with Crippen molar-refractivity contribution in [3.63, 3.8) is 0 Å². The van der Waals surface area contributed by atoms with Gasteiger partial charge in [-0.3, -0.25) is 14.4 Å². The Morgan fingerprint density at radius 3 is 2.25 bits per heavy atom. The molecule has 0 aromatic carbocycles. The van der Waals surface area contributed by atoms with E-state index >= 15 is 0 Å². The molecule has 2 amide bonds. The first-order valence-electron chi connectivity index (χ1n) is 11.2. The smallest absolute Gasteiger partial charge is 0.308 e. The lowest BCUT2D eigenvalue weighted by atomic mass is 9.49. The molecule has 5 fully saturated rings. The number of nitrogens with one attached hydrogen (secondary N) is 1. The lowest BCUT2D eigenvalue weighted by Crippen LogP contribution is -2.57. The van der Waals surface area contributed by atoms with Crippen LogP contribution < -0.4 is 5.32 Å². The van der Waals surface area contributed by atoms with E-state index in [0.29, 0.717) is 37.1 Å². The van der Waals surface area contributed by atoms with Gasteiger partial charge in [0.1, 0.15) is 6.04 Å². The van der Waals surface area contributed by atoms with Gasteiger partial charge in [-0.15, -0.1) is 0 Å². The summed E-state index contributed by atoms with van der Waals surface area (Å²) in [7, 11) is 0. The van der Waals surface area contributed by atoms with Gasteiger partial charge in [0.2, 0.25) is 11.8 Å². The first-order chi connectivity index (χ1) is 13.4. The largest absolute Gasteiger partial charge is 0.481 e. The molecule has 1 aliphatic heterocycles. The number of carbonyl (C=O) groups is 3. The maximum Gasteiger partial charge on any atom is 0.308 e. The number of nitrogens with zero attached hydrogens (tertiary/aromatic N) is 1. The lowest BCUT2D eigenvalue weighted by molar-refractivity contribution is -0.160.